The lowest BCUT2D eigenvalue weighted by Crippen LogP contribution is -2.29. The topological polar surface area (TPSA) is 43.4 Å². The third kappa shape index (κ3) is 11.1. The summed E-state index contributed by atoms with van der Waals surface area (Å²) in [6.07, 6.45) is 15.2. The first-order valence-corrected chi connectivity index (χ1v) is 22.6. The molecule has 0 atom stereocenters. The van der Waals surface area contributed by atoms with Gasteiger partial charge in [0.25, 0.3) is 0 Å². The lowest BCUT2D eigenvalue weighted by atomic mass is 9.96. The first-order valence-electron chi connectivity index (χ1n) is 19.6. The second-order valence-corrected chi connectivity index (χ2v) is 18.3. The molecule has 8 heteroatoms. The van der Waals surface area contributed by atoms with E-state index in [1.165, 1.54) is 0 Å². The second kappa shape index (κ2) is 20.8. The maximum absolute atomic E-state index is 14.8. The number of unbranched alkanes of at least 4 members (excludes halogenated alkanes) is 6. The monoisotopic (exact) mass is 748 g/mol. The van der Waals surface area contributed by atoms with Crippen molar-refractivity contribution in [3.63, 3.8) is 0 Å². The third-order valence-corrected chi connectivity index (χ3v) is 14.8. The Balaban J connectivity index is 2.76. The highest BCUT2D eigenvalue weighted by atomic mass is 32.3. The van der Waals surface area contributed by atoms with Crippen molar-refractivity contribution < 1.29 is 25.2 Å². The minimum Gasteiger partial charge on any atom is -0.200 e. The number of alkyl halides is 3. The van der Waals surface area contributed by atoms with E-state index >= 15 is 0 Å². The summed E-state index contributed by atoms with van der Waals surface area (Å²) in [5.74, 6) is 0. The Bertz CT molecular complexity index is 1470. The highest BCUT2D eigenvalue weighted by Gasteiger charge is 2.54. The molecule has 0 aliphatic carbocycles. The van der Waals surface area contributed by atoms with Gasteiger partial charge in [0.15, 0.2) is 0 Å². The SMILES string of the molecule is CCCCc1cc(CCCC)c(S(OS(=O)(=O)C(F)(F)F)(c2ccccc2)c2c(CCCC)cc(CCCC)cc2CCCC)c(CCCC)c1. The average molecular weight is 749 g/mol. The van der Waals surface area contributed by atoms with Gasteiger partial charge in [-0.1, -0.05) is 123 Å². The van der Waals surface area contributed by atoms with Crippen LogP contribution in [0.1, 0.15) is 152 Å². The van der Waals surface area contributed by atoms with Crippen molar-refractivity contribution in [1.82, 2.24) is 0 Å². The molecule has 0 aliphatic rings. The lowest BCUT2D eigenvalue weighted by molar-refractivity contribution is -0.0496. The van der Waals surface area contributed by atoms with Gasteiger partial charge in [-0.15, -0.1) is 0 Å². The van der Waals surface area contributed by atoms with Crippen LogP contribution < -0.4 is 0 Å². The molecule has 0 spiro atoms. The summed E-state index contributed by atoms with van der Waals surface area (Å²) < 4.78 is 78.3. The van der Waals surface area contributed by atoms with Crippen LogP contribution in [-0.4, -0.2) is 13.9 Å². The zero-order chi connectivity index (χ0) is 37.5. The Kier molecular flexibility index (Phi) is 17.6. The van der Waals surface area contributed by atoms with E-state index in [1.807, 2.05) is 6.07 Å². The summed E-state index contributed by atoms with van der Waals surface area (Å²) in [5.41, 5.74) is 0.408. The van der Waals surface area contributed by atoms with Gasteiger partial charge in [0.1, 0.15) is 0 Å². The average Bonchev–Trinajstić information content (AvgIpc) is 3.11. The molecule has 3 aromatic carbocycles. The summed E-state index contributed by atoms with van der Waals surface area (Å²) in [6, 6.07) is 17.7. The van der Waals surface area contributed by atoms with Crippen molar-refractivity contribution in [3.8, 4) is 0 Å². The fourth-order valence-corrected chi connectivity index (χ4v) is 12.5. The number of rotatable bonds is 23. The van der Waals surface area contributed by atoms with Gasteiger partial charge in [0.2, 0.25) is 0 Å². The molecular weight excluding hydrogens is 686 g/mol. The van der Waals surface area contributed by atoms with Crippen molar-refractivity contribution in [2.75, 3.05) is 0 Å². The first-order chi connectivity index (χ1) is 24.4. The number of hydrogen-bond donors (Lipinski definition) is 0. The van der Waals surface area contributed by atoms with Crippen molar-refractivity contribution in [2.45, 2.75) is 177 Å². The molecule has 0 unspecified atom stereocenters. The normalized spacial score (nSPS) is 12.8. The van der Waals surface area contributed by atoms with Crippen LogP contribution in [0.4, 0.5) is 13.2 Å². The maximum Gasteiger partial charge on any atom is 0.524 e. The van der Waals surface area contributed by atoms with Crippen molar-refractivity contribution in [1.29, 1.82) is 0 Å². The predicted molar refractivity (Wildman–Crippen MR) is 209 cm³/mol. The Hall–Kier alpha value is -2.29. The fourth-order valence-electron chi connectivity index (χ4n) is 6.88. The predicted octanol–water partition coefficient (Wildman–Crippen LogP) is 13.8. The molecule has 0 amide bonds. The standard InChI is InChI=1S/C43H63F3O3S2/c1-7-13-22-34-30-36(24-15-9-3)41(37(31-34)25-16-10-4)50(40-28-20-19-21-29-40,49-51(47,48)43(44,45)46)42-38(26-17-11-5)32-35(23-14-8-2)33-39(42)27-18-12-6/h19-21,28-33H,7-18,22-27H2,1-6H3. The molecule has 51 heavy (non-hydrogen) atoms. The molecule has 0 aromatic heterocycles. The zero-order valence-electron chi connectivity index (χ0n) is 32.1. The van der Waals surface area contributed by atoms with E-state index in [0.717, 1.165) is 123 Å². The Morgan fingerprint density at radius 3 is 1.12 bits per heavy atom. The van der Waals surface area contributed by atoms with Crippen LogP contribution in [0.2, 0.25) is 0 Å². The first kappa shape index (κ1) is 43.1. The van der Waals surface area contributed by atoms with E-state index in [-0.39, 0.29) is 0 Å². The van der Waals surface area contributed by atoms with Gasteiger partial charge >= 0.3 is 15.6 Å². The molecular formula is C43H63F3O3S2. The largest absolute Gasteiger partial charge is 0.524 e. The van der Waals surface area contributed by atoms with Crippen molar-refractivity contribution >= 4 is 20.4 Å². The molecule has 3 nitrogen and oxygen atoms in total. The molecule has 0 saturated carbocycles. The van der Waals surface area contributed by atoms with E-state index in [2.05, 4.69) is 65.8 Å². The smallest absolute Gasteiger partial charge is 0.200 e. The molecule has 3 aromatic rings. The Labute approximate surface area is 309 Å². The Morgan fingerprint density at radius 1 is 0.510 bits per heavy atom. The Morgan fingerprint density at radius 2 is 0.824 bits per heavy atom. The van der Waals surface area contributed by atoms with Crippen LogP contribution in [-0.2, 0) is 52.3 Å². The molecule has 0 radical (unpaired) electrons. The lowest BCUT2D eigenvalue weighted by Gasteiger charge is -2.44. The van der Waals surface area contributed by atoms with Gasteiger partial charge in [-0.3, -0.25) is 0 Å². The minimum absolute atomic E-state index is 0.492. The fraction of sp³-hybridized carbons (Fsp3) is 0.581. The number of hydrogen-bond acceptors (Lipinski definition) is 3. The minimum atomic E-state index is -6.06. The molecule has 0 aliphatic heterocycles. The second-order valence-electron chi connectivity index (χ2n) is 13.9. The number of benzene rings is 3. The number of halogens is 3. The summed E-state index contributed by atoms with van der Waals surface area (Å²) in [5, 5.41) is 0. The molecule has 0 heterocycles. The van der Waals surface area contributed by atoms with Crippen LogP contribution >= 0.6 is 10.3 Å². The van der Waals surface area contributed by atoms with Crippen LogP contribution in [0.15, 0.2) is 69.3 Å². The third-order valence-electron chi connectivity index (χ3n) is 9.57. The summed E-state index contributed by atoms with van der Waals surface area (Å²) in [7, 11) is -9.56. The molecule has 0 N–H and O–H groups in total. The van der Waals surface area contributed by atoms with Crippen molar-refractivity contribution in [2.24, 2.45) is 0 Å². The van der Waals surface area contributed by atoms with Crippen LogP contribution in [0.25, 0.3) is 0 Å². The molecule has 0 bridgehead atoms. The van der Waals surface area contributed by atoms with E-state index in [9.17, 15) is 21.6 Å². The van der Waals surface area contributed by atoms with Crippen LogP contribution in [0.5, 0.6) is 0 Å². The highest BCUT2D eigenvalue weighted by molar-refractivity contribution is 8.33. The van der Waals surface area contributed by atoms with Gasteiger partial charge in [-0.05, 0) is 133 Å². The summed E-state index contributed by atoms with van der Waals surface area (Å²) in [4.78, 5) is 1.83. The molecule has 286 valence electrons. The zero-order valence-corrected chi connectivity index (χ0v) is 33.7. The van der Waals surface area contributed by atoms with Crippen LogP contribution in [0.3, 0.4) is 0 Å². The van der Waals surface area contributed by atoms with E-state index < -0.39 is 25.9 Å². The van der Waals surface area contributed by atoms with Crippen molar-refractivity contribution in [3.05, 3.63) is 88.0 Å². The van der Waals surface area contributed by atoms with E-state index in [1.54, 1.807) is 24.3 Å². The van der Waals surface area contributed by atoms with Gasteiger partial charge < -0.3 is 0 Å². The summed E-state index contributed by atoms with van der Waals surface area (Å²) >= 11 is 0. The molecule has 0 saturated heterocycles. The van der Waals surface area contributed by atoms with Gasteiger partial charge in [-0.2, -0.15) is 25.2 Å². The summed E-state index contributed by atoms with van der Waals surface area (Å²) in [6.45, 7) is 12.8. The maximum atomic E-state index is 14.8. The van der Waals surface area contributed by atoms with E-state index in [0.29, 0.717) is 40.4 Å². The van der Waals surface area contributed by atoms with Gasteiger partial charge in [0, 0.05) is 14.7 Å². The highest BCUT2D eigenvalue weighted by Crippen LogP contribution is 2.74. The molecule has 0 fully saturated rings. The van der Waals surface area contributed by atoms with Gasteiger partial charge in [0.05, 0.1) is 0 Å². The molecule has 3 rings (SSSR count). The quantitative estimate of drug-likeness (QED) is 0.0907. The van der Waals surface area contributed by atoms with Gasteiger partial charge in [-0.25, -0.2) is 0 Å². The van der Waals surface area contributed by atoms with Crippen LogP contribution in [0, 0.1) is 0 Å². The van der Waals surface area contributed by atoms with E-state index in [4.69, 9.17) is 3.63 Å². The number of aryl methyl sites for hydroxylation is 6.